The summed E-state index contributed by atoms with van der Waals surface area (Å²) >= 11 is 0. The summed E-state index contributed by atoms with van der Waals surface area (Å²) in [5.74, 6) is -2.87. The van der Waals surface area contributed by atoms with Gasteiger partial charge in [-0.25, -0.2) is 0 Å². The number of aromatic hydroxyl groups is 1. The molecule has 3 N–H and O–H groups in total. The third kappa shape index (κ3) is 7.83. The smallest absolute Gasteiger partial charge is 0.261 e. The van der Waals surface area contributed by atoms with E-state index in [1.807, 2.05) is 91.0 Å². The van der Waals surface area contributed by atoms with Crippen molar-refractivity contribution < 1.29 is 29.3 Å². The van der Waals surface area contributed by atoms with Crippen LogP contribution in [0, 0.1) is 17.8 Å². The predicted molar refractivity (Wildman–Crippen MR) is 229 cm³/mol. The molecule has 1 aliphatic heterocycles. The molecule has 2 amide bonds. The summed E-state index contributed by atoms with van der Waals surface area (Å²) in [6.07, 6.45) is 1.80. The van der Waals surface area contributed by atoms with Crippen molar-refractivity contribution in [2.75, 3.05) is 18.1 Å². The second-order valence-corrected chi connectivity index (χ2v) is 20.4. The fourth-order valence-electron chi connectivity index (χ4n) is 9.08. The Balaban J connectivity index is 1.32. The fraction of sp³-hybridized carbons (Fsp3) is 0.265. The number of hydrogen-bond acceptors (Lipinski definition) is 6. The molecule has 5 aromatic rings. The molecule has 0 bridgehead atoms. The number of aliphatic hydroxyl groups excluding tert-OH is 2. The molecule has 0 spiro atoms. The van der Waals surface area contributed by atoms with Crippen molar-refractivity contribution in [3.8, 4) is 5.75 Å². The third-order valence-corrected chi connectivity index (χ3v) is 16.7. The number of phenols is 1. The summed E-state index contributed by atoms with van der Waals surface area (Å²) in [6, 6.07) is 46.6. The largest absolute Gasteiger partial charge is 0.507 e. The van der Waals surface area contributed by atoms with Crippen LogP contribution in [0.2, 0.25) is 5.04 Å². The number of fused-ring (bicyclic) bond motifs is 1. The van der Waals surface area contributed by atoms with E-state index in [2.05, 4.69) is 45.0 Å². The van der Waals surface area contributed by atoms with E-state index in [1.54, 1.807) is 36.4 Å². The van der Waals surface area contributed by atoms with Crippen LogP contribution in [0.3, 0.4) is 0 Å². The highest BCUT2D eigenvalue weighted by Crippen LogP contribution is 2.48. The van der Waals surface area contributed by atoms with Gasteiger partial charge in [0.1, 0.15) is 5.75 Å². The molecule has 7 rings (SSSR count). The van der Waals surface area contributed by atoms with E-state index >= 15 is 0 Å². The van der Waals surface area contributed by atoms with E-state index in [4.69, 9.17) is 4.43 Å². The Kier molecular flexibility index (Phi) is 11.9. The lowest BCUT2D eigenvalue weighted by Gasteiger charge is -2.44. The van der Waals surface area contributed by atoms with Gasteiger partial charge in [-0.05, 0) is 81.2 Å². The number of amides is 2. The van der Waals surface area contributed by atoms with Crippen molar-refractivity contribution in [3.05, 3.63) is 168 Å². The van der Waals surface area contributed by atoms with E-state index in [-0.39, 0.29) is 42.1 Å². The summed E-state index contributed by atoms with van der Waals surface area (Å²) in [4.78, 5) is 29.9. The molecule has 2 aliphatic rings. The van der Waals surface area contributed by atoms with Crippen molar-refractivity contribution in [1.29, 1.82) is 0 Å². The number of aliphatic hydroxyl groups is 2. The van der Waals surface area contributed by atoms with Gasteiger partial charge < -0.3 is 19.7 Å². The SMILES string of the molecule is CC(C)(C)[Si](OCC1=C([C@H](O)CC/C(=C/c2ccccc2O)c2ccccc2)[C@H](CO)[C@@H]2C(=O)N(c3ccccc3)C(=O)[C@@H]2C1)(c1ccccc1)c1ccccc1. The lowest BCUT2D eigenvalue weighted by Crippen LogP contribution is -2.66. The van der Waals surface area contributed by atoms with Gasteiger partial charge in [0.25, 0.3) is 8.32 Å². The van der Waals surface area contributed by atoms with E-state index < -0.39 is 38.8 Å². The minimum atomic E-state index is -3.06. The Labute approximate surface area is 336 Å². The van der Waals surface area contributed by atoms with Crippen molar-refractivity contribution in [3.63, 3.8) is 0 Å². The Morgan fingerprint density at radius 1 is 0.789 bits per heavy atom. The molecule has 4 atom stereocenters. The number of phenolic OH excluding ortho intramolecular Hbond substituents is 1. The van der Waals surface area contributed by atoms with Crippen molar-refractivity contribution in [1.82, 2.24) is 0 Å². The number of rotatable bonds is 13. The molecule has 8 heteroatoms. The first kappa shape index (κ1) is 39.8. The van der Waals surface area contributed by atoms with Crippen LogP contribution in [0.4, 0.5) is 5.69 Å². The highest BCUT2D eigenvalue weighted by Gasteiger charge is 2.56. The number of anilines is 1. The van der Waals surface area contributed by atoms with Gasteiger partial charge in [-0.3, -0.25) is 14.5 Å². The topological polar surface area (TPSA) is 107 Å². The van der Waals surface area contributed by atoms with Crippen LogP contribution in [0.15, 0.2) is 157 Å². The number of carbonyl (C=O) groups excluding carboxylic acids is 2. The predicted octanol–water partition coefficient (Wildman–Crippen LogP) is 7.77. The highest BCUT2D eigenvalue weighted by molar-refractivity contribution is 6.99. The molecular weight excluding hydrogens is 727 g/mol. The molecule has 0 unspecified atom stereocenters. The first-order chi connectivity index (χ1) is 27.5. The normalized spacial score (nSPS) is 19.5. The van der Waals surface area contributed by atoms with E-state index in [0.29, 0.717) is 23.2 Å². The van der Waals surface area contributed by atoms with Gasteiger partial charge in [-0.1, -0.05) is 148 Å². The Morgan fingerprint density at radius 3 is 1.89 bits per heavy atom. The van der Waals surface area contributed by atoms with Crippen LogP contribution in [0.1, 0.15) is 51.2 Å². The molecule has 5 aromatic carbocycles. The molecule has 1 saturated heterocycles. The second-order valence-electron chi connectivity index (χ2n) is 16.1. The summed E-state index contributed by atoms with van der Waals surface area (Å²) in [5, 5.41) is 36.2. The van der Waals surface area contributed by atoms with Gasteiger partial charge in [0.15, 0.2) is 0 Å². The van der Waals surface area contributed by atoms with Crippen LogP contribution in [-0.4, -0.2) is 54.8 Å². The van der Waals surface area contributed by atoms with Crippen LogP contribution in [0.5, 0.6) is 5.75 Å². The quantitative estimate of drug-likeness (QED) is 0.0489. The van der Waals surface area contributed by atoms with E-state index in [0.717, 1.165) is 27.1 Å². The molecule has 1 fully saturated rings. The number of hydrogen-bond donors (Lipinski definition) is 3. The van der Waals surface area contributed by atoms with Crippen molar-refractivity contribution in [2.45, 2.75) is 51.2 Å². The average Bonchev–Trinajstić information content (AvgIpc) is 3.48. The van der Waals surface area contributed by atoms with Gasteiger partial charge >= 0.3 is 0 Å². The van der Waals surface area contributed by atoms with Crippen LogP contribution >= 0.6 is 0 Å². The van der Waals surface area contributed by atoms with Crippen molar-refractivity contribution >= 4 is 47.8 Å². The lowest BCUT2D eigenvalue weighted by molar-refractivity contribution is -0.123. The zero-order valence-corrected chi connectivity index (χ0v) is 33.8. The van der Waals surface area contributed by atoms with Gasteiger partial charge in [-0.2, -0.15) is 0 Å². The first-order valence-corrected chi connectivity index (χ1v) is 21.7. The number of benzene rings is 5. The fourth-order valence-corrected chi connectivity index (χ4v) is 13.6. The van der Waals surface area contributed by atoms with E-state index in [1.165, 1.54) is 4.90 Å². The maximum atomic E-state index is 14.3. The van der Waals surface area contributed by atoms with Gasteiger partial charge in [0, 0.05) is 11.5 Å². The highest BCUT2D eigenvalue weighted by atomic mass is 28.4. The number of allylic oxidation sites excluding steroid dienone is 1. The Morgan fingerprint density at radius 2 is 1.33 bits per heavy atom. The van der Waals surface area contributed by atoms with Gasteiger partial charge in [-0.15, -0.1) is 0 Å². The standard InChI is InChI=1S/C49H51NO6Si/c1-49(2,3)57(39-23-12-6-13-24-39,40-25-14-7-15-26-40)56-33-37-31-41-46(48(55)50(47(41)54)38-21-10-5-11-22-38)42(32-51)45(37)44(53)29-28-35(34-18-8-4-9-19-34)30-36-20-16-17-27-43(36)52/h4-27,30,41-42,44,46,51-53H,28-29,31-33H2,1-3H3/b35-30-/t41-,42+,44-,46-/m1/s1. The second kappa shape index (κ2) is 17.0. The minimum Gasteiger partial charge on any atom is -0.507 e. The third-order valence-electron chi connectivity index (χ3n) is 11.7. The first-order valence-electron chi connectivity index (χ1n) is 19.8. The molecule has 0 aromatic heterocycles. The molecule has 1 heterocycles. The number of nitrogens with zero attached hydrogens (tertiary/aromatic N) is 1. The zero-order chi connectivity index (χ0) is 40.2. The Bertz CT molecular complexity index is 2190. The molecule has 7 nitrogen and oxygen atoms in total. The Hall–Kier alpha value is -5.38. The average molecular weight is 778 g/mol. The summed E-state index contributed by atoms with van der Waals surface area (Å²) in [7, 11) is -3.06. The minimum absolute atomic E-state index is 0.117. The molecule has 1 aliphatic carbocycles. The van der Waals surface area contributed by atoms with Crippen LogP contribution in [0.25, 0.3) is 11.6 Å². The lowest BCUT2D eigenvalue weighted by atomic mass is 9.68. The molecular formula is C49H51NO6Si. The molecule has 57 heavy (non-hydrogen) atoms. The van der Waals surface area contributed by atoms with Gasteiger partial charge in [0.05, 0.1) is 36.8 Å². The van der Waals surface area contributed by atoms with Crippen LogP contribution < -0.4 is 15.3 Å². The van der Waals surface area contributed by atoms with E-state index in [9.17, 15) is 24.9 Å². The number of imide groups is 1. The van der Waals surface area contributed by atoms with Crippen molar-refractivity contribution in [2.24, 2.45) is 17.8 Å². The molecule has 292 valence electrons. The summed E-state index contributed by atoms with van der Waals surface area (Å²) < 4.78 is 7.43. The maximum absolute atomic E-state index is 14.3. The van der Waals surface area contributed by atoms with Gasteiger partial charge in [0.2, 0.25) is 11.8 Å². The number of para-hydroxylation sites is 2. The zero-order valence-electron chi connectivity index (χ0n) is 32.8. The summed E-state index contributed by atoms with van der Waals surface area (Å²) in [5.41, 5.74) is 4.34. The number of carbonyl (C=O) groups is 2. The maximum Gasteiger partial charge on any atom is 0.261 e. The summed E-state index contributed by atoms with van der Waals surface area (Å²) in [6.45, 7) is 6.31. The molecule has 0 radical (unpaired) electrons. The molecule has 0 saturated carbocycles. The monoisotopic (exact) mass is 777 g/mol. The van der Waals surface area contributed by atoms with Crippen LogP contribution in [-0.2, 0) is 14.0 Å².